The van der Waals surface area contributed by atoms with E-state index in [-0.39, 0.29) is 17.9 Å². The SMILES string of the molecule is CCC1SCC(C(=O)O)N1C(=O)N(C)Cc1n[nH]c(C)n1. The van der Waals surface area contributed by atoms with Crippen molar-refractivity contribution < 1.29 is 14.7 Å². The Labute approximate surface area is 126 Å². The molecule has 1 aromatic heterocycles. The van der Waals surface area contributed by atoms with E-state index in [1.807, 2.05) is 6.92 Å². The number of nitrogens with one attached hydrogen (secondary N) is 1. The Bertz CT molecular complexity index is 535. The molecule has 2 unspecified atom stereocenters. The molecule has 116 valence electrons. The van der Waals surface area contributed by atoms with Crippen LogP contribution in [0, 0.1) is 6.92 Å². The van der Waals surface area contributed by atoms with E-state index < -0.39 is 12.0 Å². The van der Waals surface area contributed by atoms with Crippen LogP contribution in [0.15, 0.2) is 0 Å². The molecule has 0 aromatic carbocycles. The van der Waals surface area contributed by atoms with E-state index in [9.17, 15) is 14.7 Å². The van der Waals surface area contributed by atoms with Gasteiger partial charge in [0.15, 0.2) is 5.82 Å². The highest BCUT2D eigenvalue weighted by Gasteiger charge is 2.42. The molecule has 0 saturated carbocycles. The van der Waals surface area contributed by atoms with Crippen LogP contribution < -0.4 is 0 Å². The molecule has 8 nitrogen and oxygen atoms in total. The normalized spacial score (nSPS) is 21.6. The van der Waals surface area contributed by atoms with Gasteiger partial charge in [0.05, 0.1) is 11.9 Å². The average molecular weight is 313 g/mol. The van der Waals surface area contributed by atoms with Gasteiger partial charge < -0.3 is 10.0 Å². The largest absolute Gasteiger partial charge is 0.480 e. The second-order valence-electron chi connectivity index (χ2n) is 4.93. The first-order chi connectivity index (χ1) is 9.93. The van der Waals surface area contributed by atoms with Crippen LogP contribution in [0.1, 0.15) is 25.0 Å². The summed E-state index contributed by atoms with van der Waals surface area (Å²) in [5.41, 5.74) is 0. The minimum absolute atomic E-state index is 0.102. The maximum Gasteiger partial charge on any atom is 0.327 e. The van der Waals surface area contributed by atoms with Gasteiger partial charge in [-0.25, -0.2) is 14.6 Å². The Hall–Kier alpha value is -1.77. The number of carboxylic acids is 1. The highest BCUT2D eigenvalue weighted by atomic mass is 32.2. The summed E-state index contributed by atoms with van der Waals surface area (Å²) in [5.74, 6) is 0.647. The smallest absolute Gasteiger partial charge is 0.327 e. The van der Waals surface area contributed by atoms with Crippen molar-refractivity contribution >= 4 is 23.8 Å². The minimum Gasteiger partial charge on any atom is -0.480 e. The van der Waals surface area contributed by atoms with Crippen LogP contribution in [0.5, 0.6) is 0 Å². The molecule has 2 N–H and O–H groups in total. The van der Waals surface area contributed by atoms with Crippen LogP contribution in [-0.2, 0) is 11.3 Å². The van der Waals surface area contributed by atoms with Gasteiger partial charge in [-0.15, -0.1) is 11.8 Å². The Morgan fingerprint density at radius 3 is 2.81 bits per heavy atom. The lowest BCUT2D eigenvalue weighted by Crippen LogP contribution is -2.50. The number of carboxylic acid groups (broad SMARTS) is 1. The van der Waals surface area contributed by atoms with Gasteiger partial charge in [-0.05, 0) is 13.3 Å². The molecule has 0 spiro atoms. The summed E-state index contributed by atoms with van der Waals surface area (Å²) < 4.78 is 0. The Balaban J connectivity index is 2.10. The highest BCUT2D eigenvalue weighted by molar-refractivity contribution is 8.00. The number of nitrogens with zero attached hydrogens (tertiary/aromatic N) is 4. The van der Waals surface area contributed by atoms with Gasteiger partial charge in [-0.2, -0.15) is 5.10 Å². The molecule has 1 fully saturated rings. The van der Waals surface area contributed by atoms with Crippen LogP contribution in [0.2, 0.25) is 0 Å². The fourth-order valence-electron chi connectivity index (χ4n) is 2.26. The van der Waals surface area contributed by atoms with Gasteiger partial charge >= 0.3 is 12.0 Å². The molecule has 0 bridgehead atoms. The second-order valence-corrected chi connectivity index (χ2v) is 6.14. The van der Waals surface area contributed by atoms with E-state index in [2.05, 4.69) is 15.2 Å². The molecule has 2 heterocycles. The third-order valence-electron chi connectivity index (χ3n) is 3.30. The summed E-state index contributed by atoms with van der Waals surface area (Å²) in [7, 11) is 1.63. The van der Waals surface area contributed by atoms with Gasteiger partial charge in [0.1, 0.15) is 11.9 Å². The monoisotopic (exact) mass is 313 g/mol. The van der Waals surface area contributed by atoms with Gasteiger partial charge in [0.2, 0.25) is 0 Å². The molecule has 1 aromatic rings. The molecule has 2 atom stereocenters. The number of amides is 2. The van der Waals surface area contributed by atoms with Crippen molar-refractivity contribution in [2.24, 2.45) is 0 Å². The molecule has 2 amide bonds. The number of rotatable bonds is 4. The maximum atomic E-state index is 12.6. The van der Waals surface area contributed by atoms with E-state index in [4.69, 9.17) is 0 Å². The molecule has 2 rings (SSSR count). The zero-order valence-electron chi connectivity index (χ0n) is 12.2. The van der Waals surface area contributed by atoms with Crippen LogP contribution in [-0.4, -0.2) is 66.3 Å². The molecule has 1 aliphatic heterocycles. The summed E-state index contributed by atoms with van der Waals surface area (Å²) in [6.07, 6.45) is 0.716. The van der Waals surface area contributed by atoms with E-state index in [1.54, 1.807) is 14.0 Å². The number of carbonyl (C=O) groups is 2. The number of urea groups is 1. The first-order valence-electron chi connectivity index (χ1n) is 6.69. The van der Waals surface area contributed by atoms with Crippen LogP contribution in [0.4, 0.5) is 4.79 Å². The third-order valence-corrected chi connectivity index (χ3v) is 4.75. The van der Waals surface area contributed by atoms with Crippen LogP contribution in [0.3, 0.4) is 0 Å². The predicted molar refractivity (Wildman–Crippen MR) is 77.8 cm³/mol. The minimum atomic E-state index is -0.964. The Morgan fingerprint density at radius 1 is 1.57 bits per heavy atom. The molecular weight excluding hydrogens is 294 g/mol. The zero-order chi connectivity index (χ0) is 15.6. The molecule has 0 radical (unpaired) electrons. The lowest BCUT2D eigenvalue weighted by Gasteiger charge is -2.30. The Morgan fingerprint density at radius 2 is 2.29 bits per heavy atom. The fourth-order valence-corrected chi connectivity index (χ4v) is 3.60. The van der Waals surface area contributed by atoms with Crippen LogP contribution >= 0.6 is 11.8 Å². The molecule has 21 heavy (non-hydrogen) atoms. The molecule has 1 saturated heterocycles. The van der Waals surface area contributed by atoms with Crippen molar-refractivity contribution in [1.29, 1.82) is 0 Å². The highest BCUT2D eigenvalue weighted by Crippen LogP contribution is 2.32. The summed E-state index contributed by atoms with van der Waals surface area (Å²) in [5, 5.41) is 15.9. The van der Waals surface area contributed by atoms with Gasteiger partial charge in [0, 0.05) is 12.8 Å². The number of aromatic nitrogens is 3. The van der Waals surface area contributed by atoms with E-state index in [1.165, 1.54) is 21.6 Å². The van der Waals surface area contributed by atoms with E-state index in [0.29, 0.717) is 23.8 Å². The number of aliphatic carboxylic acids is 1. The van der Waals surface area contributed by atoms with E-state index >= 15 is 0 Å². The second kappa shape index (κ2) is 6.33. The maximum absolute atomic E-state index is 12.6. The van der Waals surface area contributed by atoms with Crippen molar-refractivity contribution in [2.75, 3.05) is 12.8 Å². The van der Waals surface area contributed by atoms with Crippen molar-refractivity contribution in [1.82, 2.24) is 25.0 Å². The molecule has 9 heteroatoms. The van der Waals surface area contributed by atoms with Gasteiger partial charge in [0.25, 0.3) is 0 Å². The van der Waals surface area contributed by atoms with Crippen LogP contribution in [0.25, 0.3) is 0 Å². The number of hydrogen-bond acceptors (Lipinski definition) is 5. The number of hydrogen-bond donors (Lipinski definition) is 2. The van der Waals surface area contributed by atoms with E-state index in [0.717, 1.165) is 0 Å². The summed E-state index contributed by atoms with van der Waals surface area (Å²) >= 11 is 1.50. The molecule has 0 aliphatic carbocycles. The van der Waals surface area contributed by atoms with Crippen molar-refractivity contribution in [3.05, 3.63) is 11.6 Å². The standard InChI is InChI=1S/C12H19N5O3S/c1-4-10-17(8(6-21-10)11(18)19)12(20)16(3)5-9-13-7(2)14-15-9/h8,10H,4-6H2,1-3H3,(H,18,19)(H,13,14,15). The number of aryl methyl sites for hydroxylation is 1. The van der Waals surface area contributed by atoms with Crippen molar-refractivity contribution in [2.45, 2.75) is 38.2 Å². The summed E-state index contributed by atoms with van der Waals surface area (Å²) in [6, 6.07) is -1.08. The van der Waals surface area contributed by atoms with Gasteiger partial charge in [-0.1, -0.05) is 6.92 Å². The Kier molecular flexibility index (Phi) is 4.71. The fraction of sp³-hybridized carbons (Fsp3) is 0.667. The summed E-state index contributed by atoms with van der Waals surface area (Å²) in [6.45, 7) is 3.97. The van der Waals surface area contributed by atoms with Crippen molar-refractivity contribution in [3.8, 4) is 0 Å². The lowest BCUT2D eigenvalue weighted by molar-refractivity contribution is -0.141. The van der Waals surface area contributed by atoms with Crippen molar-refractivity contribution in [3.63, 3.8) is 0 Å². The van der Waals surface area contributed by atoms with Gasteiger partial charge in [-0.3, -0.25) is 10.00 Å². The summed E-state index contributed by atoms with van der Waals surface area (Å²) in [4.78, 5) is 30.9. The topological polar surface area (TPSA) is 102 Å². The number of carbonyl (C=O) groups excluding carboxylic acids is 1. The number of aromatic amines is 1. The average Bonchev–Trinajstić information content (AvgIpc) is 3.03. The molecular formula is C12H19N5O3S. The third kappa shape index (κ3) is 3.29. The number of H-pyrrole nitrogens is 1. The lowest BCUT2D eigenvalue weighted by atomic mass is 10.2. The molecule has 1 aliphatic rings. The zero-order valence-corrected chi connectivity index (χ0v) is 13.1. The quantitative estimate of drug-likeness (QED) is 0.856. The first kappa shape index (κ1) is 15.6. The number of thioether (sulfide) groups is 1. The predicted octanol–water partition coefficient (Wildman–Crippen LogP) is 0.903. The first-order valence-corrected chi connectivity index (χ1v) is 7.74.